The van der Waals surface area contributed by atoms with Crippen LogP contribution in [0.3, 0.4) is 0 Å². The molecule has 0 aliphatic carbocycles. The van der Waals surface area contributed by atoms with Crippen LogP contribution in [0, 0.1) is 12.7 Å². The van der Waals surface area contributed by atoms with Crippen LogP contribution in [-0.4, -0.2) is 18.5 Å². The molecular formula is C17H16FNO3. The molecule has 0 aliphatic heterocycles. The first-order valence-electron chi connectivity index (χ1n) is 6.79. The molecule has 114 valence electrons. The molecule has 0 saturated heterocycles. The fourth-order valence-electron chi connectivity index (χ4n) is 1.90. The van der Waals surface area contributed by atoms with Gasteiger partial charge in [-0.15, -0.1) is 0 Å². The van der Waals surface area contributed by atoms with Gasteiger partial charge in [0.25, 0.3) is 5.91 Å². The van der Waals surface area contributed by atoms with Crippen molar-refractivity contribution >= 4 is 11.9 Å². The Kier molecular flexibility index (Phi) is 5.25. The Bertz CT molecular complexity index is 685. The number of hydrogen-bond acceptors (Lipinski definition) is 3. The Morgan fingerprint density at radius 1 is 1.14 bits per heavy atom. The van der Waals surface area contributed by atoms with Gasteiger partial charge in [0.1, 0.15) is 5.82 Å². The van der Waals surface area contributed by atoms with Crippen LogP contribution in [0.5, 0.6) is 0 Å². The van der Waals surface area contributed by atoms with Gasteiger partial charge in [-0.1, -0.05) is 35.9 Å². The first-order valence-corrected chi connectivity index (χ1v) is 6.79. The van der Waals surface area contributed by atoms with Crippen molar-refractivity contribution in [3.63, 3.8) is 0 Å². The maximum absolute atomic E-state index is 13.0. The van der Waals surface area contributed by atoms with E-state index in [1.165, 1.54) is 18.2 Å². The van der Waals surface area contributed by atoms with Crippen molar-refractivity contribution in [1.82, 2.24) is 5.32 Å². The molecule has 0 fully saturated rings. The molecule has 2 rings (SSSR count). The zero-order valence-electron chi connectivity index (χ0n) is 12.1. The summed E-state index contributed by atoms with van der Waals surface area (Å²) in [5.74, 6) is -1.67. The summed E-state index contributed by atoms with van der Waals surface area (Å²) in [5.41, 5.74) is 2.14. The average Bonchev–Trinajstić information content (AvgIpc) is 2.50. The number of aryl methyl sites for hydroxylation is 1. The summed E-state index contributed by atoms with van der Waals surface area (Å²) in [6.07, 6.45) is 0. The third-order valence-electron chi connectivity index (χ3n) is 2.97. The lowest BCUT2D eigenvalue weighted by molar-refractivity contribution is -0.124. The number of carbonyl (C=O) groups is 2. The molecule has 0 heterocycles. The molecule has 4 nitrogen and oxygen atoms in total. The molecule has 0 unspecified atom stereocenters. The maximum atomic E-state index is 13.0. The molecule has 5 heteroatoms. The van der Waals surface area contributed by atoms with Gasteiger partial charge in [-0.3, -0.25) is 4.79 Å². The fourth-order valence-corrected chi connectivity index (χ4v) is 1.90. The van der Waals surface area contributed by atoms with Crippen molar-refractivity contribution in [3.05, 3.63) is 71.0 Å². The minimum Gasteiger partial charge on any atom is -0.452 e. The minimum atomic E-state index is -0.731. The van der Waals surface area contributed by atoms with Crippen molar-refractivity contribution < 1.29 is 18.7 Å². The lowest BCUT2D eigenvalue weighted by Gasteiger charge is -2.07. The molecule has 2 aromatic carbocycles. The average molecular weight is 301 g/mol. The molecule has 0 atom stereocenters. The zero-order chi connectivity index (χ0) is 15.9. The van der Waals surface area contributed by atoms with Gasteiger partial charge in [0.15, 0.2) is 6.61 Å². The van der Waals surface area contributed by atoms with E-state index in [1.54, 1.807) is 0 Å². The summed E-state index contributed by atoms with van der Waals surface area (Å²) < 4.78 is 17.8. The second-order valence-corrected chi connectivity index (χ2v) is 4.85. The monoisotopic (exact) mass is 301 g/mol. The molecule has 0 saturated carbocycles. The van der Waals surface area contributed by atoms with E-state index in [2.05, 4.69) is 5.32 Å². The van der Waals surface area contributed by atoms with Crippen molar-refractivity contribution in [1.29, 1.82) is 0 Å². The van der Waals surface area contributed by atoms with Gasteiger partial charge >= 0.3 is 5.97 Å². The Morgan fingerprint density at radius 2 is 1.91 bits per heavy atom. The van der Waals surface area contributed by atoms with E-state index in [1.807, 2.05) is 31.2 Å². The van der Waals surface area contributed by atoms with E-state index in [0.29, 0.717) is 6.54 Å². The molecule has 0 aromatic heterocycles. The summed E-state index contributed by atoms with van der Waals surface area (Å²) in [6, 6.07) is 12.8. The van der Waals surface area contributed by atoms with E-state index in [-0.39, 0.29) is 5.56 Å². The largest absolute Gasteiger partial charge is 0.452 e. The van der Waals surface area contributed by atoms with Crippen LogP contribution in [0.15, 0.2) is 48.5 Å². The van der Waals surface area contributed by atoms with Crippen LogP contribution in [0.4, 0.5) is 4.39 Å². The van der Waals surface area contributed by atoms with Gasteiger partial charge in [-0.25, -0.2) is 9.18 Å². The van der Waals surface area contributed by atoms with Gasteiger partial charge in [0.05, 0.1) is 5.56 Å². The predicted octanol–water partition coefficient (Wildman–Crippen LogP) is 2.61. The molecule has 0 bridgehead atoms. The molecular weight excluding hydrogens is 285 g/mol. The second kappa shape index (κ2) is 7.36. The number of nitrogens with one attached hydrogen (secondary N) is 1. The number of esters is 1. The van der Waals surface area contributed by atoms with Crippen molar-refractivity contribution in [3.8, 4) is 0 Å². The van der Waals surface area contributed by atoms with Crippen LogP contribution in [0.2, 0.25) is 0 Å². The topological polar surface area (TPSA) is 55.4 Å². The summed E-state index contributed by atoms with van der Waals surface area (Å²) >= 11 is 0. The van der Waals surface area contributed by atoms with Gasteiger partial charge in [-0.2, -0.15) is 0 Å². The third kappa shape index (κ3) is 4.70. The van der Waals surface area contributed by atoms with Crippen molar-refractivity contribution in [2.75, 3.05) is 6.61 Å². The molecule has 22 heavy (non-hydrogen) atoms. The number of rotatable bonds is 5. The van der Waals surface area contributed by atoms with Gasteiger partial charge in [0.2, 0.25) is 0 Å². The summed E-state index contributed by atoms with van der Waals surface area (Å²) in [4.78, 5) is 23.3. The SMILES string of the molecule is Cc1cccc(CNC(=O)COC(=O)c2cccc(F)c2)c1. The molecule has 0 radical (unpaired) electrons. The summed E-state index contributed by atoms with van der Waals surface area (Å²) in [5, 5.41) is 2.65. The highest BCUT2D eigenvalue weighted by Crippen LogP contribution is 2.05. The van der Waals surface area contributed by atoms with Crippen molar-refractivity contribution in [2.24, 2.45) is 0 Å². The smallest absolute Gasteiger partial charge is 0.338 e. The van der Waals surface area contributed by atoms with Crippen LogP contribution in [-0.2, 0) is 16.1 Å². The Hall–Kier alpha value is -2.69. The molecule has 1 amide bonds. The predicted molar refractivity (Wildman–Crippen MR) is 79.7 cm³/mol. The first-order chi connectivity index (χ1) is 10.5. The highest BCUT2D eigenvalue weighted by molar-refractivity contribution is 5.91. The molecule has 2 aromatic rings. The van der Waals surface area contributed by atoms with E-state index in [4.69, 9.17) is 4.74 Å². The first kappa shape index (κ1) is 15.7. The van der Waals surface area contributed by atoms with Crippen LogP contribution in [0.25, 0.3) is 0 Å². The van der Waals surface area contributed by atoms with E-state index in [0.717, 1.165) is 17.2 Å². The quantitative estimate of drug-likeness (QED) is 0.864. The standard InChI is InChI=1S/C17H16FNO3/c1-12-4-2-5-13(8-12)10-19-16(20)11-22-17(21)14-6-3-7-15(18)9-14/h2-9H,10-11H2,1H3,(H,19,20). The zero-order valence-corrected chi connectivity index (χ0v) is 12.1. The summed E-state index contributed by atoms with van der Waals surface area (Å²) in [6.45, 7) is 1.92. The molecule has 0 aliphatic rings. The van der Waals surface area contributed by atoms with E-state index in [9.17, 15) is 14.0 Å². The highest BCUT2D eigenvalue weighted by Gasteiger charge is 2.10. The lowest BCUT2D eigenvalue weighted by Crippen LogP contribution is -2.28. The number of hydrogen-bond donors (Lipinski definition) is 1. The molecule has 0 spiro atoms. The van der Waals surface area contributed by atoms with Crippen LogP contribution >= 0.6 is 0 Å². The number of carbonyl (C=O) groups excluding carboxylic acids is 2. The van der Waals surface area contributed by atoms with Gasteiger partial charge in [0, 0.05) is 6.54 Å². The Balaban J connectivity index is 1.79. The minimum absolute atomic E-state index is 0.0754. The van der Waals surface area contributed by atoms with Gasteiger partial charge < -0.3 is 10.1 Å². The second-order valence-electron chi connectivity index (χ2n) is 4.85. The normalized spacial score (nSPS) is 10.1. The third-order valence-corrected chi connectivity index (χ3v) is 2.97. The number of benzene rings is 2. The van der Waals surface area contributed by atoms with E-state index < -0.39 is 24.3 Å². The molecule has 1 N–H and O–H groups in total. The number of amides is 1. The maximum Gasteiger partial charge on any atom is 0.338 e. The summed E-state index contributed by atoms with van der Waals surface area (Å²) in [7, 11) is 0. The van der Waals surface area contributed by atoms with E-state index >= 15 is 0 Å². The van der Waals surface area contributed by atoms with Crippen LogP contribution < -0.4 is 5.32 Å². The number of ether oxygens (including phenoxy) is 1. The fraction of sp³-hybridized carbons (Fsp3) is 0.176. The highest BCUT2D eigenvalue weighted by atomic mass is 19.1. The van der Waals surface area contributed by atoms with Crippen molar-refractivity contribution in [2.45, 2.75) is 13.5 Å². The number of halogens is 1. The Morgan fingerprint density at radius 3 is 2.64 bits per heavy atom. The van der Waals surface area contributed by atoms with Gasteiger partial charge in [-0.05, 0) is 30.7 Å². The lowest BCUT2D eigenvalue weighted by atomic mass is 10.1. The van der Waals surface area contributed by atoms with Crippen LogP contribution in [0.1, 0.15) is 21.5 Å². The Labute approximate surface area is 127 Å².